The van der Waals surface area contributed by atoms with Gasteiger partial charge in [0.05, 0.1) is 11.4 Å². The Bertz CT molecular complexity index is 3340. The monoisotopic (exact) mass is 801 g/mol. The molecule has 0 bridgehead atoms. The van der Waals surface area contributed by atoms with Crippen LogP contribution in [-0.4, -0.2) is 0 Å². The second-order valence-corrected chi connectivity index (χ2v) is 16.0. The summed E-state index contributed by atoms with van der Waals surface area (Å²) in [7, 11) is 0. The Morgan fingerprint density at radius 1 is 0.206 bits per heavy atom. The minimum absolute atomic E-state index is 1.08. The minimum Gasteiger partial charge on any atom is -0.309 e. The fourth-order valence-corrected chi connectivity index (χ4v) is 9.51. The first-order chi connectivity index (χ1) is 31.3. The van der Waals surface area contributed by atoms with Crippen LogP contribution in [0.2, 0.25) is 0 Å². The summed E-state index contributed by atoms with van der Waals surface area (Å²) < 4.78 is 0. The highest BCUT2D eigenvalue weighted by atomic mass is 15.1. The molecule has 1 nitrogen and oxygen atoms in total. The third kappa shape index (κ3) is 6.96. The summed E-state index contributed by atoms with van der Waals surface area (Å²) in [6.07, 6.45) is 0. The average molecular weight is 802 g/mol. The molecule has 11 aromatic rings. The number of nitrogens with zero attached hydrogens (tertiary/aromatic N) is 1. The van der Waals surface area contributed by atoms with E-state index in [4.69, 9.17) is 0 Å². The van der Waals surface area contributed by atoms with E-state index < -0.39 is 0 Å². The smallest absolute Gasteiger partial charge is 0.0546 e. The van der Waals surface area contributed by atoms with E-state index in [1.807, 2.05) is 0 Å². The second-order valence-electron chi connectivity index (χ2n) is 16.0. The molecule has 63 heavy (non-hydrogen) atoms. The van der Waals surface area contributed by atoms with Crippen LogP contribution in [0.15, 0.2) is 261 Å². The van der Waals surface area contributed by atoms with Gasteiger partial charge in [-0.1, -0.05) is 237 Å². The standard InChI is InChI=1S/C62H43N/c1-6-22-44(23-7-1)51-32-18-19-38-57(51)63(50-42-40-46(41-43-50)53-36-20-35-52(45-24-8-2-9-25-45)59(53)47-26-10-3-11-27-47)58-39-21-37-56-61(49-30-14-5-15-31-49)60(48-28-12-4-13-29-48)54-33-16-17-34-55(54)62(56)58/h1-43H. The van der Waals surface area contributed by atoms with Gasteiger partial charge in [0.1, 0.15) is 0 Å². The van der Waals surface area contributed by atoms with E-state index in [0.29, 0.717) is 0 Å². The van der Waals surface area contributed by atoms with Crippen LogP contribution in [0.3, 0.4) is 0 Å². The van der Waals surface area contributed by atoms with Crippen molar-refractivity contribution in [2.45, 2.75) is 0 Å². The Labute approximate surface area is 369 Å². The molecule has 0 radical (unpaired) electrons. The number of hydrogen-bond acceptors (Lipinski definition) is 1. The van der Waals surface area contributed by atoms with Crippen LogP contribution >= 0.6 is 0 Å². The Hall–Kier alpha value is -8.26. The Kier molecular flexibility index (Phi) is 9.97. The molecule has 0 saturated heterocycles. The zero-order valence-electron chi connectivity index (χ0n) is 34.8. The minimum atomic E-state index is 1.08. The van der Waals surface area contributed by atoms with Gasteiger partial charge in [-0.3, -0.25) is 0 Å². The van der Waals surface area contributed by atoms with Gasteiger partial charge in [-0.2, -0.15) is 0 Å². The SMILES string of the molecule is c1ccc(-c2ccccc2N(c2ccc(-c3cccc(-c4ccccc4)c3-c3ccccc3)cc2)c2cccc3c(-c4ccccc4)c(-c4ccccc4)c4ccccc4c23)cc1. The maximum Gasteiger partial charge on any atom is 0.0546 e. The lowest BCUT2D eigenvalue weighted by Gasteiger charge is -2.30. The Morgan fingerprint density at radius 3 is 1.14 bits per heavy atom. The predicted molar refractivity (Wildman–Crippen MR) is 269 cm³/mol. The molecule has 0 aliphatic rings. The number of para-hydroxylation sites is 1. The molecule has 0 amide bonds. The molecule has 11 aromatic carbocycles. The van der Waals surface area contributed by atoms with Gasteiger partial charge in [0.25, 0.3) is 0 Å². The van der Waals surface area contributed by atoms with Crippen molar-refractivity contribution in [3.8, 4) is 66.8 Å². The van der Waals surface area contributed by atoms with Gasteiger partial charge in [-0.05, 0) is 102 Å². The van der Waals surface area contributed by atoms with Crippen LogP contribution < -0.4 is 4.90 Å². The van der Waals surface area contributed by atoms with Gasteiger partial charge >= 0.3 is 0 Å². The first kappa shape index (κ1) is 37.7. The second kappa shape index (κ2) is 16.7. The molecular formula is C62H43N. The van der Waals surface area contributed by atoms with Gasteiger partial charge in [0.2, 0.25) is 0 Å². The highest BCUT2D eigenvalue weighted by Crippen LogP contribution is 2.51. The summed E-state index contributed by atoms with van der Waals surface area (Å²) in [6.45, 7) is 0. The molecule has 0 spiro atoms. The number of hydrogen-bond donors (Lipinski definition) is 0. The third-order valence-electron chi connectivity index (χ3n) is 12.3. The topological polar surface area (TPSA) is 3.24 Å². The van der Waals surface area contributed by atoms with Gasteiger partial charge in [0, 0.05) is 16.6 Å². The van der Waals surface area contributed by atoms with Gasteiger partial charge in [-0.25, -0.2) is 0 Å². The normalized spacial score (nSPS) is 11.2. The summed E-state index contributed by atoms with van der Waals surface area (Å²) >= 11 is 0. The number of rotatable bonds is 9. The van der Waals surface area contributed by atoms with E-state index in [0.717, 1.165) is 28.2 Å². The summed E-state index contributed by atoms with van der Waals surface area (Å²) in [5.74, 6) is 0. The fourth-order valence-electron chi connectivity index (χ4n) is 9.51. The first-order valence-electron chi connectivity index (χ1n) is 21.7. The van der Waals surface area contributed by atoms with Gasteiger partial charge in [0.15, 0.2) is 0 Å². The van der Waals surface area contributed by atoms with Crippen molar-refractivity contribution < 1.29 is 0 Å². The molecule has 0 atom stereocenters. The number of anilines is 3. The quantitative estimate of drug-likeness (QED) is 0.131. The van der Waals surface area contributed by atoms with Crippen LogP contribution in [0.4, 0.5) is 17.1 Å². The molecule has 0 N–H and O–H groups in total. The average Bonchev–Trinajstić information content (AvgIpc) is 3.37. The summed E-state index contributed by atoms with van der Waals surface area (Å²) in [5.41, 5.74) is 17.7. The molecule has 1 heteroatoms. The molecule has 0 fully saturated rings. The molecule has 0 saturated carbocycles. The fraction of sp³-hybridized carbons (Fsp3) is 0. The van der Waals surface area contributed by atoms with E-state index in [1.54, 1.807) is 0 Å². The molecule has 0 aromatic heterocycles. The molecule has 0 unspecified atom stereocenters. The van der Waals surface area contributed by atoms with E-state index in [9.17, 15) is 0 Å². The molecule has 0 aliphatic heterocycles. The van der Waals surface area contributed by atoms with Crippen LogP contribution in [0.1, 0.15) is 0 Å². The van der Waals surface area contributed by atoms with Gasteiger partial charge in [-0.15, -0.1) is 0 Å². The Morgan fingerprint density at radius 2 is 0.571 bits per heavy atom. The van der Waals surface area contributed by atoms with Crippen molar-refractivity contribution in [2.75, 3.05) is 4.90 Å². The first-order valence-corrected chi connectivity index (χ1v) is 21.7. The maximum atomic E-state index is 2.48. The highest BCUT2D eigenvalue weighted by molar-refractivity contribution is 6.25. The summed E-state index contributed by atoms with van der Waals surface area (Å²) in [5, 5.41) is 4.85. The lowest BCUT2D eigenvalue weighted by Crippen LogP contribution is -2.12. The van der Waals surface area contributed by atoms with E-state index in [-0.39, 0.29) is 0 Å². The van der Waals surface area contributed by atoms with Crippen molar-refractivity contribution in [1.82, 2.24) is 0 Å². The zero-order chi connectivity index (χ0) is 42.0. The molecule has 0 aliphatic carbocycles. The molecule has 0 heterocycles. The van der Waals surface area contributed by atoms with E-state index in [2.05, 4.69) is 266 Å². The highest BCUT2D eigenvalue weighted by Gasteiger charge is 2.24. The zero-order valence-corrected chi connectivity index (χ0v) is 34.8. The Balaban J connectivity index is 1.18. The van der Waals surface area contributed by atoms with Crippen LogP contribution in [0.5, 0.6) is 0 Å². The van der Waals surface area contributed by atoms with E-state index in [1.165, 1.54) is 77.2 Å². The van der Waals surface area contributed by atoms with Crippen molar-refractivity contribution in [3.63, 3.8) is 0 Å². The van der Waals surface area contributed by atoms with Crippen LogP contribution in [0, 0.1) is 0 Å². The van der Waals surface area contributed by atoms with Crippen molar-refractivity contribution in [1.29, 1.82) is 0 Å². The maximum absolute atomic E-state index is 2.48. The van der Waals surface area contributed by atoms with Crippen molar-refractivity contribution >= 4 is 38.6 Å². The van der Waals surface area contributed by atoms with Crippen molar-refractivity contribution in [3.05, 3.63) is 261 Å². The number of benzene rings is 11. The van der Waals surface area contributed by atoms with Crippen LogP contribution in [0.25, 0.3) is 88.3 Å². The summed E-state index contributed by atoms with van der Waals surface area (Å²) in [6, 6.07) is 94.6. The molecular weight excluding hydrogens is 759 g/mol. The number of fused-ring (bicyclic) bond motifs is 3. The van der Waals surface area contributed by atoms with Crippen LogP contribution in [-0.2, 0) is 0 Å². The largest absolute Gasteiger partial charge is 0.309 e. The molecule has 11 rings (SSSR count). The van der Waals surface area contributed by atoms with E-state index >= 15 is 0 Å². The summed E-state index contributed by atoms with van der Waals surface area (Å²) in [4.78, 5) is 2.48. The molecule has 296 valence electrons. The third-order valence-corrected chi connectivity index (χ3v) is 12.3. The lowest BCUT2D eigenvalue weighted by molar-refractivity contribution is 1.30. The van der Waals surface area contributed by atoms with Crippen molar-refractivity contribution in [2.24, 2.45) is 0 Å². The lowest BCUT2D eigenvalue weighted by atomic mass is 9.84. The predicted octanol–water partition coefficient (Wildman–Crippen LogP) is 17.5. The van der Waals surface area contributed by atoms with Gasteiger partial charge < -0.3 is 4.90 Å².